The van der Waals surface area contributed by atoms with Crippen LogP contribution in [0.25, 0.3) is 10.9 Å². The van der Waals surface area contributed by atoms with E-state index in [4.69, 9.17) is 4.74 Å². The predicted octanol–water partition coefficient (Wildman–Crippen LogP) is 3.97. The molecule has 3 aromatic rings. The van der Waals surface area contributed by atoms with Gasteiger partial charge in [0.25, 0.3) is 5.91 Å². The van der Waals surface area contributed by atoms with Crippen molar-refractivity contribution in [2.24, 2.45) is 0 Å². The van der Waals surface area contributed by atoms with Crippen molar-refractivity contribution >= 4 is 28.5 Å². The number of aryl methyl sites for hydroxylation is 2. The van der Waals surface area contributed by atoms with E-state index in [0.717, 1.165) is 47.0 Å². The highest BCUT2D eigenvalue weighted by Gasteiger charge is 2.25. The zero-order valence-corrected chi connectivity index (χ0v) is 15.4. The van der Waals surface area contributed by atoms with Gasteiger partial charge in [-0.05, 0) is 55.5 Å². The van der Waals surface area contributed by atoms with Gasteiger partial charge in [-0.2, -0.15) is 0 Å². The summed E-state index contributed by atoms with van der Waals surface area (Å²) in [5, 5.41) is 3.31. The molecule has 0 radical (unpaired) electrons. The van der Waals surface area contributed by atoms with Crippen LogP contribution in [0.3, 0.4) is 0 Å². The van der Waals surface area contributed by atoms with E-state index in [1.807, 2.05) is 24.3 Å². The molecule has 0 unspecified atom stereocenters. The molecule has 0 bridgehead atoms. The van der Waals surface area contributed by atoms with E-state index in [9.17, 15) is 14.0 Å². The summed E-state index contributed by atoms with van der Waals surface area (Å²) >= 11 is 0. The van der Waals surface area contributed by atoms with Gasteiger partial charge in [-0.1, -0.05) is 24.3 Å². The Morgan fingerprint density at radius 2 is 2.00 bits per heavy atom. The third-order valence-corrected chi connectivity index (χ3v) is 4.93. The topological polar surface area (TPSA) is 68.3 Å². The summed E-state index contributed by atoms with van der Waals surface area (Å²) in [6.45, 7) is 1.31. The van der Waals surface area contributed by atoms with Gasteiger partial charge in [0.15, 0.2) is 6.61 Å². The molecule has 1 N–H and O–H groups in total. The van der Waals surface area contributed by atoms with Crippen LogP contribution in [0.5, 0.6) is 0 Å². The molecule has 0 fully saturated rings. The number of benzene rings is 2. The molecule has 0 atom stereocenters. The van der Waals surface area contributed by atoms with Crippen molar-refractivity contribution in [3.05, 3.63) is 70.7 Å². The highest BCUT2D eigenvalue weighted by molar-refractivity contribution is 6.06. The molecule has 5 nitrogen and oxygen atoms in total. The smallest absolute Gasteiger partial charge is 0.339 e. The fourth-order valence-corrected chi connectivity index (χ4v) is 3.56. The van der Waals surface area contributed by atoms with Crippen molar-refractivity contribution in [3.8, 4) is 0 Å². The molecule has 1 aromatic heterocycles. The second-order valence-electron chi connectivity index (χ2n) is 6.87. The monoisotopic (exact) mass is 378 g/mol. The number of nitrogens with zero attached hydrogens (tertiary/aromatic N) is 1. The fourth-order valence-electron chi connectivity index (χ4n) is 3.56. The molecule has 28 heavy (non-hydrogen) atoms. The Kier molecular flexibility index (Phi) is 4.77. The summed E-state index contributed by atoms with van der Waals surface area (Å²) in [5.74, 6) is -1.50. The lowest BCUT2D eigenvalue weighted by Gasteiger charge is -2.13. The Bertz CT molecular complexity index is 1090. The van der Waals surface area contributed by atoms with Crippen LogP contribution in [0, 0.1) is 12.7 Å². The van der Waals surface area contributed by atoms with Gasteiger partial charge in [-0.15, -0.1) is 0 Å². The zero-order chi connectivity index (χ0) is 19.7. The Hall–Kier alpha value is -3.28. The number of esters is 1. The number of carbonyl (C=O) groups is 2. The molecule has 2 aromatic carbocycles. The van der Waals surface area contributed by atoms with Crippen LogP contribution in [-0.2, 0) is 22.4 Å². The summed E-state index contributed by atoms with van der Waals surface area (Å²) in [6.07, 6.45) is 2.55. The Labute approximate surface area is 161 Å². The number of anilines is 1. The molecule has 1 aliphatic carbocycles. The van der Waals surface area contributed by atoms with Gasteiger partial charge in [-0.25, -0.2) is 9.18 Å². The van der Waals surface area contributed by atoms with Crippen LogP contribution in [-0.4, -0.2) is 23.5 Å². The number of fused-ring (bicyclic) bond motifs is 2. The first-order valence-corrected chi connectivity index (χ1v) is 9.16. The number of amides is 1. The molecule has 1 amide bonds. The quantitative estimate of drug-likeness (QED) is 0.698. The molecule has 6 heteroatoms. The fraction of sp³-hybridized carbons (Fsp3) is 0.227. The Balaban J connectivity index is 1.53. The maximum atomic E-state index is 13.4. The van der Waals surface area contributed by atoms with Crippen molar-refractivity contribution in [2.75, 3.05) is 11.9 Å². The largest absolute Gasteiger partial charge is 0.452 e. The molecule has 1 heterocycles. The van der Waals surface area contributed by atoms with Crippen molar-refractivity contribution < 1.29 is 18.7 Å². The summed E-state index contributed by atoms with van der Waals surface area (Å²) in [5.41, 5.74) is 4.15. The van der Waals surface area contributed by atoms with E-state index < -0.39 is 24.3 Å². The van der Waals surface area contributed by atoms with Crippen molar-refractivity contribution in [2.45, 2.75) is 26.2 Å². The minimum absolute atomic E-state index is 0.358. The van der Waals surface area contributed by atoms with Crippen LogP contribution >= 0.6 is 0 Å². The lowest BCUT2D eigenvalue weighted by atomic mass is 10.0. The number of hydrogen-bond acceptors (Lipinski definition) is 4. The molecule has 4 rings (SSSR count). The van der Waals surface area contributed by atoms with Gasteiger partial charge < -0.3 is 10.1 Å². The van der Waals surface area contributed by atoms with Crippen LogP contribution in [0.2, 0.25) is 0 Å². The summed E-state index contributed by atoms with van der Waals surface area (Å²) in [7, 11) is 0. The van der Waals surface area contributed by atoms with Gasteiger partial charge in [-0.3, -0.25) is 9.78 Å². The van der Waals surface area contributed by atoms with Crippen molar-refractivity contribution in [3.63, 3.8) is 0 Å². The lowest BCUT2D eigenvalue weighted by Crippen LogP contribution is -2.22. The number of para-hydroxylation sites is 1. The van der Waals surface area contributed by atoms with Crippen molar-refractivity contribution in [1.29, 1.82) is 0 Å². The molecule has 142 valence electrons. The number of ether oxygens (including phenoxy) is 1. The summed E-state index contributed by atoms with van der Waals surface area (Å²) < 4.78 is 18.7. The second kappa shape index (κ2) is 7.38. The number of hydrogen-bond donors (Lipinski definition) is 1. The third kappa shape index (κ3) is 3.45. The van der Waals surface area contributed by atoms with Gasteiger partial charge in [0, 0.05) is 16.8 Å². The maximum Gasteiger partial charge on any atom is 0.339 e. The average Bonchev–Trinajstić information content (AvgIpc) is 3.15. The van der Waals surface area contributed by atoms with E-state index in [1.165, 1.54) is 12.1 Å². The SMILES string of the molecule is Cc1ccc(F)cc1NC(=O)COC(=O)c1c2c(nc3ccccc13)CCC2. The van der Waals surface area contributed by atoms with Crippen LogP contribution in [0.4, 0.5) is 10.1 Å². The first-order valence-electron chi connectivity index (χ1n) is 9.16. The standard InChI is InChI=1S/C22H19FN2O3/c1-13-9-10-14(23)11-19(13)25-20(26)12-28-22(27)21-15-5-2-3-7-17(15)24-18-8-4-6-16(18)21/h2-3,5,7,9-11H,4,6,8,12H2,1H3,(H,25,26). The number of nitrogens with one attached hydrogen (secondary N) is 1. The molecule has 0 saturated heterocycles. The zero-order valence-electron chi connectivity index (χ0n) is 15.4. The number of halogens is 1. The van der Waals surface area contributed by atoms with Gasteiger partial charge in [0.2, 0.25) is 0 Å². The number of rotatable bonds is 4. The third-order valence-electron chi connectivity index (χ3n) is 4.93. The van der Waals surface area contributed by atoms with E-state index in [2.05, 4.69) is 10.3 Å². The first-order chi connectivity index (χ1) is 13.5. The summed E-state index contributed by atoms with van der Waals surface area (Å²) in [6, 6.07) is 11.6. The van der Waals surface area contributed by atoms with Crippen LogP contribution in [0.15, 0.2) is 42.5 Å². The number of pyridine rings is 1. The van der Waals surface area contributed by atoms with Gasteiger partial charge >= 0.3 is 5.97 Å². The number of aromatic nitrogens is 1. The van der Waals surface area contributed by atoms with Crippen LogP contribution in [0.1, 0.15) is 33.6 Å². The normalized spacial score (nSPS) is 12.6. The summed E-state index contributed by atoms with van der Waals surface area (Å²) in [4.78, 5) is 29.6. The molecule has 0 saturated carbocycles. The molecule has 0 spiro atoms. The number of carbonyl (C=O) groups excluding carboxylic acids is 2. The van der Waals surface area contributed by atoms with E-state index in [1.54, 1.807) is 13.0 Å². The lowest BCUT2D eigenvalue weighted by molar-refractivity contribution is -0.119. The maximum absolute atomic E-state index is 13.4. The molecular formula is C22H19FN2O3. The minimum atomic E-state index is -0.539. The minimum Gasteiger partial charge on any atom is -0.452 e. The van der Waals surface area contributed by atoms with Crippen LogP contribution < -0.4 is 5.32 Å². The second-order valence-corrected chi connectivity index (χ2v) is 6.87. The first kappa shape index (κ1) is 18.1. The highest BCUT2D eigenvalue weighted by atomic mass is 19.1. The average molecular weight is 378 g/mol. The highest BCUT2D eigenvalue weighted by Crippen LogP contribution is 2.30. The molecular weight excluding hydrogens is 359 g/mol. The Morgan fingerprint density at radius 3 is 2.86 bits per heavy atom. The van der Waals surface area contributed by atoms with Crippen molar-refractivity contribution in [1.82, 2.24) is 4.98 Å². The molecule has 1 aliphatic rings. The van der Waals surface area contributed by atoms with Gasteiger partial charge in [0.05, 0.1) is 11.1 Å². The van der Waals surface area contributed by atoms with E-state index >= 15 is 0 Å². The molecule has 0 aliphatic heterocycles. The van der Waals surface area contributed by atoms with Gasteiger partial charge in [0.1, 0.15) is 5.82 Å². The Morgan fingerprint density at radius 1 is 1.18 bits per heavy atom. The van der Waals surface area contributed by atoms with E-state index in [0.29, 0.717) is 11.3 Å². The predicted molar refractivity (Wildman–Crippen MR) is 104 cm³/mol. The van der Waals surface area contributed by atoms with E-state index in [-0.39, 0.29) is 0 Å².